The molecule has 0 aliphatic heterocycles. The lowest BCUT2D eigenvalue weighted by Gasteiger charge is -2.16. The number of carbonyl (C=O) groups excluding carboxylic acids is 2. The molecule has 1 aromatic rings. The van der Waals surface area contributed by atoms with E-state index in [-0.39, 0.29) is 0 Å². The summed E-state index contributed by atoms with van der Waals surface area (Å²) in [5.74, 6) is -2.00. The fraction of sp³-hybridized carbons (Fsp3) is 0.250. The van der Waals surface area contributed by atoms with Crippen LogP contribution in [0.1, 0.15) is 4.88 Å². The van der Waals surface area contributed by atoms with E-state index in [9.17, 15) is 14.4 Å². The number of aliphatic carboxylic acids is 1. The van der Waals surface area contributed by atoms with Gasteiger partial charge in [-0.25, -0.2) is 9.59 Å². The van der Waals surface area contributed by atoms with E-state index in [4.69, 9.17) is 5.11 Å². The molecule has 0 saturated heterocycles. The van der Waals surface area contributed by atoms with Crippen molar-refractivity contribution in [3.8, 4) is 0 Å². The van der Waals surface area contributed by atoms with E-state index in [0.717, 1.165) is 11.0 Å². The second kappa shape index (κ2) is 7.32. The minimum absolute atomic E-state index is 0.474. The van der Waals surface area contributed by atoms with E-state index in [1.807, 2.05) is 17.5 Å². The zero-order chi connectivity index (χ0) is 14.3. The number of rotatable bonds is 5. The van der Waals surface area contributed by atoms with Crippen LogP contribution in [0.25, 0.3) is 0 Å². The van der Waals surface area contributed by atoms with Gasteiger partial charge in [-0.2, -0.15) is 0 Å². The van der Waals surface area contributed by atoms with Crippen molar-refractivity contribution in [1.82, 2.24) is 10.2 Å². The number of nitrogens with zero attached hydrogens (tertiary/aromatic N) is 1. The lowest BCUT2D eigenvalue weighted by Crippen LogP contribution is -2.40. The quantitative estimate of drug-likeness (QED) is 0.792. The van der Waals surface area contributed by atoms with Gasteiger partial charge in [-0.15, -0.1) is 11.3 Å². The summed E-state index contributed by atoms with van der Waals surface area (Å²) in [6.07, 6.45) is 2.18. The third-order valence-corrected chi connectivity index (χ3v) is 3.16. The summed E-state index contributed by atoms with van der Waals surface area (Å²) >= 11 is 1.60. The first-order valence-corrected chi connectivity index (χ1v) is 6.36. The van der Waals surface area contributed by atoms with Crippen LogP contribution in [0.15, 0.2) is 29.7 Å². The molecule has 0 atom stereocenters. The monoisotopic (exact) mass is 282 g/mol. The van der Waals surface area contributed by atoms with E-state index in [2.05, 4.69) is 5.32 Å². The Morgan fingerprint density at radius 2 is 2.16 bits per heavy atom. The van der Waals surface area contributed by atoms with Crippen molar-refractivity contribution >= 4 is 29.2 Å². The Labute approximate surface area is 114 Å². The smallest absolute Gasteiger partial charge is 0.328 e. The maximum atomic E-state index is 11.6. The van der Waals surface area contributed by atoms with Crippen LogP contribution in [0.4, 0.5) is 4.79 Å². The number of likely N-dealkylation sites (N-methyl/N-ethyl adjacent to an activating group) is 1. The van der Waals surface area contributed by atoms with Gasteiger partial charge in [0.15, 0.2) is 0 Å². The predicted molar refractivity (Wildman–Crippen MR) is 71.0 cm³/mol. The highest BCUT2D eigenvalue weighted by Crippen LogP contribution is 2.09. The van der Waals surface area contributed by atoms with E-state index in [0.29, 0.717) is 19.0 Å². The topological polar surface area (TPSA) is 86.7 Å². The summed E-state index contributed by atoms with van der Waals surface area (Å²) in [7, 11) is 1.57. The molecule has 1 rings (SSSR count). The highest BCUT2D eigenvalue weighted by Gasteiger charge is 2.11. The average Bonchev–Trinajstić information content (AvgIpc) is 2.86. The third-order valence-electron chi connectivity index (χ3n) is 2.23. The van der Waals surface area contributed by atoms with Gasteiger partial charge in [0.25, 0.3) is 5.91 Å². The van der Waals surface area contributed by atoms with Crippen LogP contribution in [-0.2, 0) is 16.0 Å². The molecule has 0 radical (unpaired) electrons. The fourth-order valence-electron chi connectivity index (χ4n) is 1.22. The Morgan fingerprint density at radius 1 is 1.42 bits per heavy atom. The zero-order valence-electron chi connectivity index (χ0n) is 10.3. The second-order valence-electron chi connectivity index (χ2n) is 3.72. The van der Waals surface area contributed by atoms with E-state index in [1.54, 1.807) is 18.4 Å². The summed E-state index contributed by atoms with van der Waals surface area (Å²) in [6.45, 7) is 0.474. The molecule has 19 heavy (non-hydrogen) atoms. The van der Waals surface area contributed by atoms with E-state index < -0.39 is 17.9 Å². The number of imide groups is 1. The molecule has 102 valence electrons. The van der Waals surface area contributed by atoms with Gasteiger partial charge in [-0.3, -0.25) is 10.1 Å². The molecular weight excluding hydrogens is 268 g/mol. The molecule has 0 unspecified atom stereocenters. The van der Waals surface area contributed by atoms with Crippen LogP contribution in [0.3, 0.4) is 0 Å². The van der Waals surface area contributed by atoms with Crippen molar-refractivity contribution in [3.05, 3.63) is 34.5 Å². The van der Waals surface area contributed by atoms with E-state index >= 15 is 0 Å². The highest BCUT2D eigenvalue weighted by atomic mass is 32.1. The largest absolute Gasteiger partial charge is 0.478 e. The van der Waals surface area contributed by atoms with Crippen molar-refractivity contribution < 1.29 is 19.5 Å². The highest BCUT2D eigenvalue weighted by molar-refractivity contribution is 7.09. The molecule has 0 aliphatic rings. The fourth-order valence-corrected chi connectivity index (χ4v) is 1.92. The van der Waals surface area contributed by atoms with Gasteiger partial charge in [0.1, 0.15) is 0 Å². The summed E-state index contributed by atoms with van der Waals surface area (Å²) in [5.41, 5.74) is 0. The maximum absolute atomic E-state index is 11.6. The molecule has 3 amide bonds. The number of thiophene rings is 1. The summed E-state index contributed by atoms with van der Waals surface area (Å²) in [6, 6.07) is 3.34. The second-order valence-corrected chi connectivity index (χ2v) is 4.75. The third kappa shape index (κ3) is 5.82. The first-order valence-electron chi connectivity index (χ1n) is 5.48. The number of hydrogen-bond donors (Lipinski definition) is 2. The average molecular weight is 282 g/mol. The maximum Gasteiger partial charge on any atom is 0.328 e. The standard InChI is InChI=1S/C12H14N2O4S/c1-14(7-6-9-3-2-8-19-9)12(18)13-10(15)4-5-11(16)17/h2-5,8H,6-7H2,1H3,(H,16,17)(H,13,15,18). The van der Waals surface area contributed by atoms with Crippen LogP contribution in [0.2, 0.25) is 0 Å². The number of carbonyl (C=O) groups is 3. The minimum atomic E-state index is -1.24. The first-order chi connectivity index (χ1) is 8.99. The SMILES string of the molecule is CN(CCc1cccs1)C(=O)NC(=O)C=CC(=O)O. The van der Waals surface area contributed by atoms with Crippen LogP contribution >= 0.6 is 11.3 Å². The van der Waals surface area contributed by atoms with Crippen molar-refractivity contribution in [2.75, 3.05) is 13.6 Å². The molecule has 0 bridgehead atoms. The molecule has 2 N–H and O–H groups in total. The van der Waals surface area contributed by atoms with Crippen molar-refractivity contribution in [1.29, 1.82) is 0 Å². The Morgan fingerprint density at radius 3 is 2.74 bits per heavy atom. The predicted octanol–water partition coefficient (Wildman–Crippen LogP) is 1.10. The molecule has 0 spiro atoms. The van der Waals surface area contributed by atoms with Crippen LogP contribution in [0, 0.1) is 0 Å². The van der Waals surface area contributed by atoms with Crippen molar-refractivity contribution in [2.45, 2.75) is 6.42 Å². The Hall–Kier alpha value is -2.15. The van der Waals surface area contributed by atoms with Gasteiger partial charge in [-0.1, -0.05) is 6.07 Å². The summed E-state index contributed by atoms with van der Waals surface area (Å²) in [4.78, 5) is 35.5. The number of carboxylic acid groups (broad SMARTS) is 1. The van der Waals surface area contributed by atoms with Gasteiger partial charge >= 0.3 is 12.0 Å². The number of carboxylic acids is 1. The number of hydrogen-bond acceptors (Lipinski definition) is 4. The van der Waals surface area contributed by atoms with Crippen LogP contribution in [-0.4, -0.2) is 41.5 Å². The number of amides is 3. The van der Waals surface area contributed by atoms with Gasteiger partial charge in [0.05, 0.1) is 0 Å². The summed E-state index contributed by atoms with van der Waals surface area (Å²) in [5, 5.41) is 12.4. The molecule has 1 heterocycles. The zero-order valence-corrected chi connectivity index (χ0v) is 11.1. The van der Waals surface area contributed by atoms with Gasteiger partial charge in [0, 0.05) is 30.6 Å². The number of urea groups is 1. The molecule has 0 aliphatic carbocycles. The minimum Gasteiger partial charge on any atom is -0.478 e. The van der Waals surface area contributed by atoms with Gasteiger partial charge in [0.2, 0.25) is 0 Å². The first kappa shape index (κ1) is 14.9. The van der Waals surface area contributed by atoms with Crippen molar-refractivity contribution in [3.63, 3.8) is 0 Å². The van der Waals surface area contributed by atoms with Crippen LogP contribution in [0.5, 0.6) is 0 Å². The lowest BCUT2D eigenvalue weighted by atomic mass is 10.3. The molecule has 1 aromatic heterocycles. The van der Waals surface area contributed by atoms with Gasteiger partial charge < -0.3 is 10.0 Å². The molecule has 0 aromatic carbocycles. The molecule has 0 fully saturated rings. The van der Waals surface area contributed by atoms with Crippen molar-refractivity contribution in [2.24, 2.45) is 0 Å². The van der Waals surface area contributed by atoms with Gasteiger partial charge in [-0.05, 0) is 17.9 Å². The molecular formula is C12H14N2O4S. The lowest BCUT2D eigenvalue weighted by molar-refractivity contribution is -0.131. The van der Waals surface area contributed by atoms with Crippen LogP contribution < -0.4 is 5.32 Å². The Balaban J connectivity index is 2.36. The normalized spacial score (nSPS) is 10.4. The Bertz CT molecular complexity index is 482. The number of nitrogens with one attached hydrogen (secondary N) is 1. The Kier molecular flexibility index (Phi) is 5.74. The summed E-state index contributed by atoms with van der Waals surface area (Å²) < 4.78 is 0. The van der Waals surface area contributed by atoms with E-state index in [1.165, 1.54) is 4.90 Å². The molecule has 0 saturated carbocycles. The molecule has 6 nitrogen and oxygen atoms in total. The molecule has 7 heteroatoms.